The van der Waals surface area contributed by atoms with Gasteiger partial charge in [0.05, 0.1) is 12.0 Å². The van der Waals surface area contributed by atoms with Crippen molar-refractivity contribution in [3.8, 4) is 17.2 Å². The van der Waals surface area contributed by atoms with Crippen molar-refractivity contribution >= 4 is 10.0 Å². The van der Waals surface area contributed by atoms with E-state index in [1.807, 2.05) is 32.0 Å². The van der Waals surface area contributed by atoms with E-state index in [2.05, 4.69) is 14.9 Å². The molecule has 1 aromatic heterocycles. The van der Waals surface area contributed by atoms with Crippen molar-refractivity contribution in [2.75, 3.05) is 13.7 Å². The van der Waals surface area contributed by atoms with E-state index in [-0.39, 0.29) is 11.4 Å². The van der Waals surface area contributed by atoms with Gasteiger partial charge >= 0.3 is 0 Å². The van der Waals surface area contributed by atoms with Crippen molar-refractivity contribution in [1.29, 1.82) is 0 Å². The number of ether oxygens (including phenoxy) is 1. The standard InChI is InChI=1S/C19H21N3O4S/c1-13-7-8-17(11-14(13)2)27(23,24)20-10-9-18-21-22-19(26-18)15-5-4-6-16(12-15)25-3/h4-8,11-12,20H,9-10H2,1-3H3. The fourth-order valence-electron chi connectivity index (χ4n) is 2.48. The summed E-state index contributed by atoms with van der Waals surface area (Å²) in [4.78, 5) is 0.244. The number of sulfonamides is 1. The molecule has 1 N–H and O–H groups in total. The van der Waals surface area contributed by atoms with Gasteiger partial charge in [0.1, 0.15) is 5.75 Å². The molecular weight excluding hydrogens is 366 g/mol. The zero-order chi connectivity index (χ0) is 19.4. The average molecular weight is 387 g/mol. The highest BCUT2D eigenvalue weighted by Crippen LogP contribution is 2.22. The summed E-state index contributed by atoms with van der Waals surface area (Å²) in [6, 6.07) is 12.3. The molecule has 0 saturated carbocycles. The number of methoxy groups -OCH3 is 1. The van der Waals surface area contributed by atoms with Gasteiger partial charge in [0.15, 0.2) is 0 Å². The van der Waals surface area contributed by atoms with E-state index in [1.54, 1.807) is 31.4 Å². The minimum atomic E-state index is -3.58. The van der Waals surface area contributed by atoms with Gasteiger partial charge in [-0.25, -0.2) is 13.1 Å². The minimum absolute atomic E-state index is 0.162. The number of nitrogens with zero attached hydrogens (tertiary/aromatic N) is 2. The molecule has 142 valence electrons. The molecule has 27 heavy (non-hydrogen) atoms. The molecule has 3 aromatic rings. The molecule has 2 aromatic carbocycles. The molecule has 0 saturated heterocycles. The van der Waals surface area contributed by atoms with E-state index in [4.69, 9.17) is 9.15 Å². The van der Waals surface area contributed by atoms with E-state index in [0.29, 0.717) is 24.0 Å². The molecule has 0 unspecified atom stereocenters. The molecule has 0 aliphatic heterocycles. The summed E-state index contributed by atoms with van der Waals surface area (Å²) in [6.45, 7) is 3.98. The Hall–Kier alpha value is -2.71. The van der Waals surface area contributed by atoms with Crippen LogP contribution >= 0.6 is 0 Å². The van der Waals surface area contributed by atoms with Gasteiger partial charge in [-0.05, 0) is 55.3 Å². The monoisotopic (exact) mass is 387 g/mol. The molecule has 0 aliphatic rings. The van der Waals surface area contributed by atoms with Crippen LogP contribution < -0.4 is 9.46 Å². The smallest absolute Gasteiger partial charge is 0.247 e. The first kappa shape index (κ1) is 19.1. The van der Waals surface area contributed by atoms with Crippen molar-refractivity contribution in [3.63, 3.8) is 0 Å². The highest BCUT2D eigenvalue weighted by atomic mass is 32.2. The van der Waals surface area contributed by atoms with Gasteiger partial charge in [-0.1, -0.05) is 12.1 Å². The van der Waals surface area contributed by atoms with Crippen LogP contribution in [0, 0.1) is 13.8 Å². The number of benzene rings is 2. The van der Waals surface area contributed by atoms with Crippen molar-refractivity contribution in [1.82, 2.24) is 14.9 Å². The van der Waals surface area contributed by atoms with Gasteiger partial charge < -0.3 is 9.15 Å². The molecule has 0 spiro atoms. The molecule has 0 bridgehead atoms. The van der Waals surface area contributed by atoms with Gasteiger partial charge in [-0.15, -0.1) is 10.2 Å². The predicted molar refractivity (Wildman–Crippen MR) is 101 cm³/mol. The number of aryl methyl sites for hydroxylation is 2. The number of nitrogens with one attached hydrogen (secondary N) is 1. The molecule has 1 heterocycles. The first-order valence-electron chi connectivity index (χ1n) is 8.43. The van der Waals surface area contributed by atoms with E-state index < -0.39 is 10.0 Å². The number of hydrogen-bond donors (Lipinski definition) is 1. The molecule has 0 radical (unpaired) electrons. The minimum Gasteiger partial charge on any atom is -0.497 e. The third-order valence-electron chi connectivity index (χ3n) is 4.20. The molecule has 8 heteroatoms. The van der Waals surface area contributed by atoms with Gasteiger partial charge in [-0.2, -0.15) is 0 Å². The van der Waals surface area contributed by atoms with E-state index in [1.165, 1.54) is 0 Å². The third-order valence-corrected chi connectivity index (χ3v) is 5.66. The predicted octanol–water partition coefficient (Wildman–Crippen LogP) is 2.88. The average Bonchev–Trinajstić information content (AvgIpc) is 3.12. The highest BCUT2D eigenvalue weighted by molar-refractivity contribution is 7.89. The van der Waals surface area contributed by atoms with Gasteiger partial charge in [0.2, 0.25) is 21.8 Å². The molecular formula is C19H21N3O4S. The first-order valence-corrected chi connectivity index (χ1v) is 9.91. The van der Waals surface area contributed by atoms with Crippen LogP contribution in [0.3, 0.4) is 0 Å². The lowest BCUT2D eigenvalue weighted by Crippen LogP contribution is -2.26. The van der Waals surface area contributed by atoms with Crippen LogP contribution in [0.1, 0.15) is 17.0 Å². The molecule has 7 nitrogen and oxygen atoms in total. The Kier molecular flexibility index (Phi) is 5.57. The molecule has 3 rings (SSSR count). The topological polar surface area (TPSA) is 94.3 Å². The second-order valence-electron chi connectivity index (χ2n) is 6.13. The Morgan fingerprint density at radius 2 is 1.89 bits per heavy atom. The second kappa shape index (κ2) is 7.89. The normalized spacial score (nSPS) is 11.5. The Bertz CT molecular complexity index is 1040. The lowest BCUT2D eigenvalue weighted by Gasteiger charge is -2.07. The maximum Gasteiger partial charge on any atom is 0.247 e. The maximum atomic E-state index is 12.4. The zero-order valence-electron chi connectivity index (χ0n) is 15.4. The number of hydrogen-bond acceptors (Lipinski definition) is 6. The third kappa shape index (κ3) is 4.53. The van der Waals surface area contributed by atoms with Crippen LogP contribution in [0.25, 0.3) is 11.5 Å². The summed E-state index contributed by atoms with van der Waals surface area (Å²) in [5.74, 6) is 1.41. The largest absolute Gasteiger partial charge is 0.497 e. The van der Waals surface area contributed by atoms with Crippen LogP contribution in [0.4, 0.5) is 0 Å². The fraction of sp³-hybridized carbons (Fsp3) is 0.263. The molecule has 0 aliphatic carbocycles. The quantitative estimate of drug-likeness (QED) is 0.670. The maximum absolute atomic E-state index is 12.4. The summed E-state index contributed by atoms with van der Waals surface area (Å²) in [7, 11) is -2.00. The van der Waals surface area contributed by atoms with Crippen molar-refractivity contribution in [2.45, 2.75) is 25.2 Å². The Labute approximate surface area is 158 Å². The van der Waals surface area contributed by atoms with Gasteiger partial charge in [-0.3, -0.25) is 0 Å². The summed E-state index contributed by atoms with van der Waals surface area (Å²) >= 11 is 0. The number of aromatic nitrogens is 2. The zero-order valence-corrected chi connectivity index (χ0v) is 16.2. The highest BCUT2D eigenvalue weighted by Gasteiger charge is 2.15. The van der Waals surface area contributed by atoms with Gasteiger partial charge in [0.25, 0.3) is 0 Å². The summed E-state index contributed by atoms with van der Waals surface area (Å²) in [6.07, 6.45) is 0.293. The number of rotatable bonds is 7. The second-order valence-corrected chi connectivity index (χ2v) is 7.89. The SMILES string of the molecule is COc1cccc(-c2nnc(CCNS(=O)(=O)c3ccc(C)c(C)c3)o2)c1. The fourth-order valence-corrected chi connectivity index (χ4v) is 3.60. The van der Waals surface area contributed by atoms with Gasteiger partial charge in [0, 0.05) is 18.5 Å². The Balaban J connectivity index is 1.64. The van der Waals surface area contributed by atoms with Crippen molar-refractivity contribution in [3.05, 3.63) is 59.5 Å². The lowest BCUT2D eigenvalue weighted by atomic mass is 10.1. The molecule has 0 fully saturated rings. The Morgan fingerprint density at radius 1 is 1.07 bits per heavy atom. The van der Waals surface area contributed by atoms with Crippen molar-refractivity contribution < 1.29 is 17.6 Å². The Morgan fingerprint density at radius 3 is 2.63 bits per heavy atom. The summed E-state index contributed by atoms with van der Waals surface area (Å²) in [5.41, 5.74) is 2.71. The van der Waals surface area contributed by atoms with Crippen LogP contribution in [0.15, 0.2) is 51.8 Å². The van der Waals surface area contributed by atoms with Crippen LogP contribution in [0.5, 0.6) is 5.75 Å². The molecule has 0 atom stereocenters. The van der Waals surface area contributed by atoms with E-state index >= 15 is 0 Å². The summed E-state index contributed by atoms with van der Waals surface area (Å²) < 4.78 is 38.1. The van der Waals surface area contributed by atoms with E-state index in [9.17, 15) is 8.42 Å². The van der Waals surface area contributed by atoms with Crippen LogP contribution in [-0.4, -0.2) is 32.3 Å². The van der Waals surface area contributed by atoms with E-state index in [0.717, 1.165) is 16.7 Å². The van der Waals surface area contributed by atoms with Crippen LogP contribution in [-0.2, 0) is 16.4 Å². The van der Waals surface area contributed by atoms with Crippen LogP contribution in [0.2, 0.25) is 0 Å². The van der Waals surface area contributed by atoms with Crippen molar-refractivity contribution in [2.24, 2.45) is 0 Å². The summed E-state index contributed by atoms with van der Waals surface area (Å²) in [5, 5.41) is 7.98. The first-order chi connectivity index (χ1) is 12.9. The molecule has 0 amide bonds. The lowest BCUT2D eigenvalue weighted by molar-refractivity contribution is 0.414.